The Morgan fingerprint density at radius 3 is 3.00 bits per heavy atom. The lowest BCUT2D eigenvalue weighted by Crippen LogP contribution is -2.38. The van der Waals surface area contributed by atoms with Gasteiger partial charge in [0.15, 0.2) is 0 Å². The van der Waals surface area contributed by atoms with E-state index in [1.165, 1.54) is 11.3 Å². The maximum absolute atomic E-state index is 11.1. The van der Waals surface area contributed by atoms with Crippen molar-refractivity contribution in [3.63, 3.8) is 0 Å². The highest BCUT2D eigenvalue weighted by atomic mass is 35.5. The summed E-state index contributed by atoms with van der Waals surface area (Å²) >= 11 is 7.44. The predicted molar refractivity (Wildman–Crippen MR) is 72.8 cm³/mol. The van der Waals surface area contributed by atoms with E-state index in [-0.39, 0.29) is 18.6 Å². The maximum atomic E-state index is 11.1. The number of primary amides is 1. The summed E-state index contributed by atoms with van der Waals surface area (Å²) < 4.78 is 6.36. The highest BCUT2D eigenvalue weighted by Gasteiger charge is 2.20. The van der Waals surface area contributed by atoms with Crippen LogP contribution in [0.1, 0.15) is 17.7 Å². The van der Waals surface area contributed by atoms with Gasteiger partial charge in [-0.1, -0.05) is 11.6 Å². The van der Waals surface area contributed by atoms with Crippen molar-refractivity contribution in [1.29, 1.82) is 0 Å². The number of nitrogens with zero attached hydrogens (tertiary/aromatic N) is 1. The number of thiophene rings is 1. The fraction of sp³-hybridized carbons (Fsp3) is 0.583. The van der Waals surface area contributed by atoms with E-state index in [2.05, 4.69) is 0 Å². The van der Waals surface area contributed by atoms with Crippen molar-refractivity contribution >= 4 is 28.8 Å². The Hall–Kier alpha value is -0.620. The van der Waals surface area contributed by atoms with Crippen LogP contribution < -0.4 is 5.73 Å². The minimum absolute atomic E-state index is 0.222. The van der Waals surface area contributed by atoms with Gasteiger partial charge in [-0.15, -0.1) is 11.3 Å². The molecule has 18 heavy (non-hydrogen) atoms. The summed E-state index contributed by atoms with van der Waals surface area (Å²) in [4.78, 5) is 14.3. The molecule has 1 aliphatic rings. The lowest BCUT2D eigenvalue weighted by atomic mass is 10.2. The van der Waals surface area contributed by atoms with Crippen LogP contribution in [0.2, 0.25) is 4.34 Å². The summed E-state index contributed by atoms with van der Waals surface area (Å²) in [7, 11) is 0. The minimum atomic E-state index is -0.310. The molecule has 1 atom stereocenters. The third kappa shape index (κ3) is 4.24. The molecule has 100 valence electrons. The molecule has 1 aliphatic heterocycles. The first kappa shape index (κ1) is 13.8. The number of carbonyl (C=O) groups is 1. The molecule has 2 N–H and O–H groups in total. The smallest absolute Gasteiger partial charge is 0.231 e. The Balaban J connectivity index is 1.93. The zero-order chi connectivity index (χ0) is 13.0. The Labute approximate surface area is 116 Å². The Kier molecular flexibility index (Phi) is 5.00. The third-order valence-corrected chi connectivity index (χ3v) is 4.09. The number of ether oxygens (including phenoxy) is 1. The number of amides is 1. The van der Waals surface area contributed by atoms with Crippen molar-refractivity contribution in [3.05, 3.63) is 21.3 Å². The largest absolute Gasteiger partial charge is 0.377 e. The number of hydrogen-bond acceptors (Lipinski definition) is 4. The van der Waals surface area contributed by atoms with Crippen LogP contribution in [0.15, 0.2) is 12.1 Å². The van der Waals surface area contributed by atoms with E-state index in [1.54, 1.807) is 0 Å². The van der Waals surface area contributed by atoms with Gasteiger partial charge in [0.05, 0.1) is 17.0 Å². The summed E-state index contributed by atoms with van der Waals surface area (Å²) in [5.74, 6) is -0.310. The van der Waals surface area contributed by atoms with E-state index in [0.29, 0.717) is 6.54 Å². The highest BCUT2D eigenvalue weighted by molar-refractivity contribution is 7.16. The second-order valence-electron chi connectivity index (χ2n) is 4.48. The molecule has 4 nitrogen and oxygen atoms in total. The molecule has 2 rings (SSSR count). The van der Waals surface area contributed by atoms with E-state index in [0.717, 1.165) is 35.2 Å². The van der Waals surface area contributed by atoms with E-state index < -0.39 is 0 Å². The van der Waals surface area contributed by atoms with Crippen LogP contribution in [0.3, 0.4) is 0 Å². The van der Waals surface area contributed by atoms with Crippen LogP contribution in [0.25, 0.3) is 0 Å². The number of nitrogens with two attached hydrogens (primary N) is 1. The molecule has 6 heteroatoms. The van der Waals surface area contributed by atoms with E-state index >= 15 is 0 Å². The fourth-order valence-corrected chi connectivity index (χ4v) is 3.27. The van der Waals surface area contributed by atoms with Crippen LogP contribution in [0.4, 0.5) is 0 Å². The highest BCUT2D eigenvalue weighted by Crippen LogP contribution is 2.23. The summed E-state index contributed by atoms with van der Waals surface area (Å²) in [6.07, 6.45) is 2.38. The van der Waals surface area contributed by atoms with E-state index in [4.69, 9.17) is 22.1 Å². The summed E-state index contributed by atoms with van der Waals surface area (Å²) in [6, 6.07) is 3.85. The van der Waals surface area contributed by atoms with Gasteiger partial charge in [-0.3, -0.25) is 9.69 Å². The fourth-order valence-electron chi connectivity index (χ4n) is 2.14. The molecule has 0 spiro atoms. The molecular weight excluding hydrogens is 272 g/mol. The van der Waals surface area contributed by atoms with Gasteiger partial charge >= 0.3 is 0 Å². The molecule has 0 unspecified atom stereocenters. The Morgan fingerprint density at radius 1 is 1.61 bits per heavy atom. The number of rotatable bonds is 6. The van der Waals surface area contributed by atoms with Gasteiger partial charge in [0.25, 0.3) is 0 Å². The van der Waals surface area contributed by atoms with Gasteiger partial charge in [-0.05, 0) is 25.0 Å². The average molecular weight is 289 g/mol. The number of hydrogen-bond donors (Lipinski definition) is 1. The molecule has 1 aromatic heterocycles. The van der Waals surface area contributed by atoms with Crippen LogP contribution in [0.5, 0.6) is 0 Å². The van der Waals surface area contributed by atoms with Gasteiger partial charge in [-0.25, -0.2) is 0 Å². The van der Waals surface area contributed by atoms with Gasteiger partial charge in [0.1, 0.15) is 0 Å². The molecular formula is C12H17ClN2O2S. The first-order chi connectivity index (χ1) is 8.63. The van der Waals surface area contributed by atoms with Crippen LogP contribution >= 0.6 is 22.9 Å². The van der Waals surface area contributed by atoms with E-state index in [1.807, 2.05) is 17.0 Å². The average Bonchev–Trinajstić information content (AvgIpc) is 2.89. The van der Waals surface area contributed by atoms with Crippen molar-refractivity contribution in [2.75, 3.05) is 19.7 Å². The molecule has 0 bridgehead atoms. The van der Waals surface area contributed by atoms with Crippen molar-refractivity contribution < 1.29 is 9.53 Å². The third-order valence-electron chi connectivity index (χ3n) is 2.87. The Morgan fingerprint density at radius 2 is 2.44 bits per heavy atom. The van der Waals surface area contributed by atoms with Crippen LogP contribution in [-0.4, -0.2) is 36.6 Å². The zero-order valence-electron chi connectivity index (χ0n) is 10.1. The summed E-state index contributed by atoms with van der Waals surface area (Å²) in [5, 5.41) is 0. The van der Waals surface area contributed by atoms with Gasteiger partial charge in [0, 0.05) is 24.6 Å². The monoisotopic (exact) mass is 288 g/mol. The van der Waals surface area contributed by atoms with Gasteiger partial charge in [-0.2, -0.15) is 0 Å². The molecule has 0 radical (unpaired) electrons. The minimum Gasteiger partial charge on any atom is -0.377 e. The lowest BCUT2D eigenvalue weighted by Gasteiger charge is -2.23. The molecule has 0 aromatic carbocycles. The normalized spacial score (nSPS) is 19.6. The zero-order valence-corrected chi connectivity index (χ0v) is 11.7. The van der Waals surface area contributed by atoms with E-state index in [9.17, 15) is 4.79 Å². The van der Waals surface area contributed by atoms with Gasteiger partial charge in [0.2, 0.25) is 5.91 Å². The van der Waals surface area contributed by atoms with Crippen molar-refractivity contribution in [2.45, 2.75) is 25.5 Å². The first-order valence-electron chi connectivity index (χ1n) is 6.00. The number of carbonyl (C=O) groups excluding carboxylic acids is 1. The molecule has 1 aromatic rings. The van der Waals surface area contributed by atoms with Crippen molar-refractivity contribution in [2.24, 2.45) is 5.73 Å². The van der Waals surface area contributed by atoms with Crippen molar-refractivity contribution in [3.8, 4) is 0 Å². The topological polar surface area (TPSA) is 55.6 Å². The number of halogens is 1. The summed E-state index contributed by atoms with van der Waals surface area (Å²) in [6.45, 7) is 2.52. The second-order valence-corrected chi connectivity index (χ2v) is 6.28. The predicted octanol–water partition coefficient (Wildman–Crippen LogP) is 1.87. The van der Waals surface area contributed by atoms with Crippen molar-refractivity contribution in [1.82, 2.24) is 4.90 Å². The van der Waals surface area contributed by atoms with Gasteiger partial charge < -0.3 is 10.5 Å². The lowest BCUT2D eigenvalue weighted by molar-refractivity contribution is -0.119. The van der Waals surface area contributed by atoms with Crippen LogP contribution in [0, 0.1) is 0 Å². The standard InChI is InChI=1S/C12H17ClN2O2S/c13-11-4-3-10(18-11)7-15(8-12(14)16)6-9-2-1-5-17-9/h3-4,9H,1-2,5-8H2,(H2,14,16)/t9-/m0/s1. The quantitative estimate of drug-likeness (QED) is 0.869. The molecule has 0 saturated carbocycles. The molecule has 2 heterocycles. The second kappa shape index (κ2) is 6.52. The van der Waals surface area contributed by atoms with Crippen LogP contribution in [-0.2, 0) is 16.1 Å². The maximum Gasteiger partial charge on any atom is 0.231 e. The molecule has 1 amide bonds. The summed E-state index contributed by atoms with van der Waals surface area (Å²) in [5.41, 5.74) is 5.28. The molecule has 1 fully saturated rings. The Bertz CT molecular complexity index is 405. The molecule has 1 saturated heterocycles. The SMILES string of the molecule is NC(=O)CN(Cc1ccc(Cl)s1)C[C@@H]1CCCO1. The first-order valence-corrected chi connectivity index (χ1v) is 7.19. The molecule has 0 aliphatic carbocycles.